The van der Waals surface area contributed by atoms with E-state index in [2.05, 4.69) is 4.98 Å². The van der Waals surface area contributed by atoms with Crippen molar-refractivity contribution < 1.29 is 13.6 Å². The first kappa shape index (κ1) is 23.1. The highest BCUT2D eigenvalue weighted by atomic mass is 32.1. The van der Waals surface area contributed by atoms with E-state index in [4.69, 9.17) is 12.2 Å². The molecule has 0 bridgehead atoms. The van der Waals surface area contributed by atoms with Gasteiger partial charge in [0, 0.05) is 18.7 Å². The standard InChI is InChI=1S/C27H23F2N3O2S/c28-20-5-3-4-18(15-20)14-17-10-12-31(13-11-17)25(33)19-8-9-21-23(16-19)30-27(35)32(26(21)34)24-7-2-1-6-22(24)29/h1-9,15-17H,10-14H2,(H,30,35). The zero-order valence-corrected chi connectivity index (χ0v) is 19.7. The molecular weight excluding hydrogens is 468 g/mol. The third-order valence-electron chi connectivity index (χ3n) is 6.55. The Morgan fingerprint density at radius 1 is 1.00 bits per heavy atom. The highest BCUT2D eigenvalue weighted by molar-refractivity contribution is 7.71. The van der Waals surface area contributed by atoms with Gasteiger partial charge in [-0.05, 0) is 85.4 Å². The Morgan fingerprint density at radius 2 is 1.77 bits per heavy atom. The molecule has 0 atom stereocenters. The second-order valence-corrected chi connectivity index (χ2v) is 9.24. The van der Waals surface area contributed by atoms with Gasteiger partial charge in [0.05, 0.1) is 16.6 Å². The fourth-order valence-corrected chi connectivity index (χ4v) is 5.01. The SMILES string of the molecule is O=C(c1ccc2c(=O)n(-c3ccccc3F)c(=S)[nH]c2c1)N1CCC(Cc2cccc(F)c2)CC1. The minimum atomic E-state index is -0.555. The monoisotopic (exact) mass is 491 g/mol. The van der Waals surface area contributed by atoms with E-state index in [0.29, 0.717) is 35.5 Å². The summed E-state index contributed by atoms with van der Waals surface area (Å²) in [4.78, 5) is 31.0. The number of aromatic nitrogens is 2. The maximum Gasteiger partial charge on any atom is 0.266 e. The molecule has 5 rings (SSSR count). The lowest BCUT2D eigenvalue weighted by molar-refractivity contribution is 0.0690. The van der Waals surface area contributed by atoms with E-state index >= 15 is 0 Å². The molecule has 1 aromatic heterocycles. The Morgan fingerprint density at radius 3 is 2.51 bits per heavy atom. The van der Waals surface area contributed by atoms with Crippen molar-refractivity contribution in [2.45, 2.75) is 19.3 Å². The molecule has 0 radical (unpaired) electrons. The summed E-state index contributed by atoms with van der Waals surface area (Å²) in [5, 5.41) is 0.312. The topological polar surface area (TPSA) is 58.1 Å². The molecule has 0 saturated carbocycles. The van der Waals surface area contributed by atoms with Gasteiger partial charge < -0.3 is 9.88 Å². The molecule has 1 aliphatic heterocycles. The van der Waals surface area contributed by atoms with Crippen LogP contribution in [0.4, 0.5) is 8.78 Å². The average Bonchev–Trinajstić information content (AvgIpc) is 2.85. The van der Waals surface area contributed by atoms with E-state index in [1.807, 2.05) is 6.07 Å². The molecule has 1 N–H and O–H groups in total. The fourth-order valence-electron chi connectivity index (χ4n) is 4.72. The van der Waals surface area contributed by atoms with Gasteiger partial charge in [-0.1, -0.05) is 24.3 Å². The number of carbonyl (C=O) groups excluding carboxylic acids is 1. The van der Waals surface area contributed by atoms with Crippen molar-refractivity contribution in [3.8, 4) is 5.69 Å². The summed E-state index contributed by atoms with van der Waals surface area (Å²) in [6.07, 6.45) is 2.47. The molecule has 0 aliphatic carbocycles. The number of fused-ring (bicyclic) bond motifs is 1. The summed E-state index contributed by atoms with van der Waals surface area (Å²) in [5.41, 5.74) is 1.47. The van der Waals surface area contributed by atoms with Gasteiger partial charge in [0.1, 0.15) is 11.6 Å². The number of hydrogen-bond acceptors (Lipinski definition) is 3. The number of H-pyrrole nitrogens is 1. The van der Waals surface area contributed by atoms with Crippen LogP contribution in [0.25, 0.3) is 16.6 Å². The van der Waals surface area contributed by atoms with E-state index in [0.717, 1.165) is 29.4 Å². The maximum atomic E-state index is 14.3. The number of aromatic amines is 1. The summed E-state index contributed by atoms with van der Waals surface area (Å²) < 4.78 is 28.9. The number of carbonyl (C=O) groups is 1. The average molecular weight is 492 g/mol. The molecule has 0 unspecified atom stereocenters. The lowest BCUT2D eigenvalue weighted by Gasteiger charge is -2.32. The normalized spacial score (nSPS) is 14.4. The quantitative estimate of drug-likeness (QED) is 0.388. The summed E-state index contributed by atoms with van der Waals surface area (Å²) in [5.74, 6) is -0.508. The minimum Gasteiger partial charge on any atom is -0.339 e. The summed E-state index contributed by atoms with van der Waals surface area (Å²) in [7, 11) is 0. The van der Waals surface area contributed by atoms with Crippen LogP contribution in [0.5, 0.6) is 0 Å². The van der Waals surface area contributed by atoms with Crippen molar-refractivity contribution in [3.63, 3.8) is 0 Å². The van der Waals surface area contributed by atoms with E-state index < -0.39 is 11.4 Å². The van der Waals surface area contributed by atoms with E-state index in [-0.39, 0.29) is 22.2 Å². The van der Waals surface area contributed by atoms with Crippen LogP contribution < -0.4 is 5.56 Å². The molecule has 3 aromatic carbocycles. The van der Waals surface area contributed by atoms with Crippen LogP contribution in [-0.4, -0.2) is 33.4 Å². The number of para-hydroxylation sites is 1. The molecule has 35 heavy (non-hydrogen) atoms. The molecule has 2 heterocycles. The first-order chi connectivity index (χ1) is 16.9. The number of hydrogen-bond donors (Lipinski definition) is 1. The van der Waals surface area contributed by atoms with E-state index in [1.165, 1.54) is 18.2 Å². The van der Waals surface area contributed by atoms with Crippen LogP contribution in [0, 0.1) is 22.3 Å². The molecule has 4 aromatic rings. The molecule has 178 valence electrons. The lowest BCUT2D eigenvalue weighted by Crippen LogP contribution is -2.39. The van der Waals surface area contributed by atoms with Gasteiger partial charge in [0.15, 0.2) is 4.77 Å². The van der Waals surface area contributed by atoms with Crippen LogP contribution in [0.1, 0.15) is 28.8 Å². The molecule has 1 fully saturated rings. The lowest BCUT2D eigenvalue weighted by atomic mass is 9.90. The van der Waals surface area contributed by atoms with Crippen molar-refractivity contribution in [2.24, 2.45) is 5.92 Å². The predicted molar refractivity (Wildman–Crippen MR) is 133 cm³/mol. The number of amides is 1. The number of piperidine rings is 1. The Balaban J connectivity index is 1.35. The van der Waals surface area contributed by atoms with Gasteiger partial charge in [0.2, 0.25) is 0 Å². The van der Waals surface area contributed by atoms with Gasteiger partial charge in [-0.15, -0.1) is 0 Å². The summed E-state index contributed by atoms with van der Waals surface area (Å²) in [6.45, 7) is 1.23. The Hall–Kier alpha value is -3.65. The zero-order valence-electron chi connectivity index (χ0n) is 18.8. The fraction of sp³-hybridized carbons (Fsp3) is 0.222. The first-order valence-corrected chi connectivity index (χ1v) is 11.9. The number of halogens is 2. The molecular formula is C27H23F2N3O2S. The van der Waals surface area contributed by atoms with Crippen LogP contribution >= 0.6 is 12.2 Å². The Kier molecular flexibility index (Phi) is 6.30. The Bertz CT molecular complexity index is 1540. The number of benzene rings is 3. The molecule has 0 spiro atoms. The second-order valence-electron chi connectivity index (χ2n) is 8.85. The number of nitrogens with one attached hydrogen (secondary N) is 1. The van der Waals surface area contributed by atoms with Crippen molar-refractivity contribution >= 4 is 29.0 Å². The summed E-state index contributed by atoms with van der Waals surface area (Å²) >= 11 is 5.34. The number of likely N-dealkylation sites (tertiary alicyclic amines) is 1. The first-order valence-electron chi connectivity index (χ1n) is 11.5. The van der Waals surface area contributed by atoms with Crippen LogP contribution in [0.15, 0.2) is 71.5 Å². The van der Waals surface area contributed by atoms with Crippen LogP contribution in [0.3, 0.4) is 0 Å². The molecule has 1 amide bonds. The molecule has 5 nitrogen and oxygen atoms in total. The second kappa shape index (κ2) is 9.54. The molecule has 8 heteroatoms. The van der Waals surface area contributed by atoms with E-state index in [1.54, 1.807) is 47.4 Å². The van der Waals surface area contributed by atoms with Crippen molar-refractivity contribution in [3.05, 3.63) is 105 Å². The van der Waals surface area contributed by atoms with Crippen molar-refractivity contribution in [1.82, 2.24) is 14.5 Å². The maximum absolute atomic E-state index is 14.3. The highest BCUT2D eigenvalue weighted by Crippen LogP contribution is 2.24. The van der Waals surface area contributed by atoms with Crippen molar-refractivity contribution in [2.75, 3.05) is 13.1 Å². The van der Waals surface area contributed by atoms with Crippen LogP contribution in [-0.2, 0) is 6.42 Å². The van der Waals surface area contributed by atoms with Gasteiger partial charge >= 0.3 is 0 Å². The third kappa shape index (κ3) is 4.66. The number of nitrogens with zero attached hydrogens (tertiary/aromatic N) is 2. The van der Waals surface area contributed by atoms with Gasteiger partial charge in [-0.3, -0.25) is 9.59 Å². The third-order valence-corrected chi connectivity index (χ3v) is 6.84. The zero-order chi connectivity index (χ0) is 24.5. The minimum absolute atomic E-state index is 0.0513. The van der Waals surface area contributed by atoms with Gasteiger partial charge in [0.25, 0.3) is 11.5 Å². The molecule has 1 aliphatic rings. The number of rotatable bonds is 4. The van der Waals surface area contributed by atoms with Gasteiger partial charge in [-0.25, -0.2) is 13.3 Å². The largest absolute Gasteiger partial charge is 0.339 e. The molecule has 1 saturated heterocycles. The van der Waals surface area contributed by atoms with E-state index in [9.17, 15) is 18.4 Å². The van der Waals surface area contributed by atoms with Crippen LogP contribution in [0.2, 0.25) is 0 Å². The Labute approximate surface area is 205 Å². The summed E-state index contributed by atoms with van der Waals surface area (Å²) in [6, 6.07) is 17.4. The smallest absolute Gasteiger partial charge is 0.266 e. The predicted octanol–water partition coefficient (Wildman–Crippen LogP) is 5.42. The highest BCUT2D eigenvalue weighted by Gasteiger charge is 2.24. The van der Waals surface area contributed by atoms with Gasteiger partial charge in [-0.2, -0.15) is 0 Å². The van der Waals surface area contributed by atoms with Crippen molar-refractivity contribution in [1.29, 1.82) is 0 Å².